The summed E-state index contributed by atoms with van der Waals surface area (Å²) in [4.78, 5) is 24.6. The van der Waals surface area contributed by atoms with E-state index in [2.05, 4.69) is 67.7 Å². The SMILES string of the molecule is CCC=CCC=CCC=CCC=CCC=CCC=CCC(O)Oc1ccccc1C(=O)Oc1ccccc1C(C)=O. The van der Waals surface area contributed by atoms with E-state index in [4.69, 9.17) is 9.47 Å². The Kier molecular flexibility index (Phi) is 16.6. The molecule has 0 saturated carbocycles. The highest BCUT2D eigenvalue weighted by atomic mass is 16.6. The minimum atomic E-state index is -1.13. The Bertz CT molecular complexity index is 1250. The summed E-state index contributed by atoms with van der Waals surface area (Å²) in [6.07, 6.45) is 30.2. The van der Waals surface area contributed by atoms with Crippen molar-refractivity contribution >= 4 is 11.8 Å². The van der Waals surface area contributed by atoms with Crippen LogP contribution < -0.4 is 9.47 Å². The van der Waals surface area contributed by atoms with Crippen molar-refractivity contribution < 1.29 is 24.2 Å². The molecule has 0 fully saturated rings. The average Bonchev–Trinajstić information content (AvgIpc) is 2.97. The van der Waals surface area contributed by atoms with Gasteiger partial charge in [-0.15, -0.1) is 0 Å². The minimum Gasteiger partial charge on any atom is -0.464 e. The molecule has 1 unspecified atom stereocenters. The highest BCUT2D eigenvalue weighted by Gasteiger charge is 2.18. The molecular formula is C36H42O5. The molecule has 5 heteroatoms. The second-order valence-electron chi connectivity index (χ2n) is 9.16. The van der Waals surface area contributed by atoms with Gasteiger partial charge in [0.05, 0.1) is 5.56 Å². The van der Waals surface area contributed by atoms with E-state index < -0.39 is 12.3 Å². The lowest BCUT2D eigenvalue weighted by Crippen LogP contribution is -2.18. The van der Waals surface area contributed by atoms with Gasteiger partial charge in [0, 0.05) is 6.42 Å². The van der Waals surface area contributed by atoms with Gasteiger partial charge in [-0.05, 0) is 69.7 Å². The lowest BCUT2D eigenvalue weighted by molar-refractivity contribution is -0.0144. The number of carbonyl (C=O) groups is 2. The number of ether oxygens (including phenoxy) is 2. The Morgan fingerprint density at radius 2 is 1.10 bits per heavy atom. The molecule has 0 heterocycles. The zero-order valence-electron chi connectivity index (χ0n) is 24.2. The summed E-state index contributed by atoms with van der Waals surface area (Å²) in [6.45, 7) is 3.55. The average molecular weight is 555 g/mol. The fourth-order valence-electron chi connectivity index (χ4n) is 3.67. The number of hydrogen-bond donors (Lipinski definition) is 1. The molecule has 41 heavy (non-hydrogen) atoms. The first-order valence-corrected chi connectivity index (χ1v) is 14.2. The third-order valence-corrected chi connectivity index (χ3v) is 5.77. The molecule has 5 nitrogen and oxygen atoms in total. The van der Waals surface area contributed by atoms with Crippen LogP contribution in [0.3, 0.4) is 0 Å². The molecular weight excluding hydrogens is 512 g/mol. The molecule has 2 rings (SSSR count). The number of rotatable bonds is 18. The molecule has 0 saturated heterocycles. The van der Waals surface area contributed by atoms with E-state index in [1.807, 2.05) is 12.2 Å². The van der Waals surface area contributed by atoms with Crippen molar-refractivity contribution in [3.05, 3.63) is 133 Å². The van der Waals surface area contributed by atoms with Crippen molar-refractivity contribution in [2.24, 2.45) is 0 Å². The first-order valence-electron chi connectivity index (χ1n) is 14.2. The lowest BCUT2D eigenvalue weighted by Gasteiger charge is -2.15. The van der Waals surface area contributed by atoms with Gasteiger partial charge in [0.1, 0.15) is 17.1 Å². The molecule has 1 N–H and O–H groups in total. The van der Waals surface area contributed by atoms with Gasteiger partial charge >= 0.3 is 5.97 Å². The summed E-state index contributed by atoms with van der Waals surface area (Å²) in [5.41, 5.74) is 0.476. The van der Waals surface area contributed by atoms with Crippen molar-refractivity contribution in [2.75, 3.05) is 0 Å². The topological polar surface area (TPSA) is 72.8 Å². The number of aliphatic hydroxyl groups excluding tert-OH is 1. The molecule has 0 radical (unpaired) electrons. The maximum absolute atomic E-state index is 12.8. The standard InChI is InChI=1S/C36H42O5/c1-3-4-5-6-7-8-9-10-11-12-13-14-15-16-17-18-19-20-29-35(38)40-34-28-24-22-26-32(34)36(39)41-33-27-23-21-25-31(33)30(2)37/h4-5,7-8,10-11,13-14,16-17,19-28,35,38H,3,6,9,12,15,18,29H2,1-2H3. The monoisotopic (exact) mass is 554 g/mol. The van der Waals surface area contributed by atoms with Crippen LogP contribution in [0, 0.1) is 0 Å². The van der Waals surface area contributed by atoms with E-state index in [1.54, 1.807) is 48.5 Å². The number of allylic oxidation sites excluding steroid dienone is 11. The van der Waals surface area contributed by atoms with Gasteiger partial charge < -0.3 is 14.6 Å². The van der Waals surface area contributed by atoms with Gasteiger partial charge in [-0.2, -0.15) is 0 Å². The quantitative estimate of drug-likeness (QED) is 0.0655. The number of para-hydroxylation sites is 2. The van der Waals surface area contributed by atoms with E-state index in [9.17, 15) is 14.7 Å². The van der Waals surface area contributed by atoms with Crippen LogP contribution in [-0.4, -0.2) is 23.1 Å². The van der Waals surface area contributed by atoms with Crippen LogP contribution in [0.5, 0.6) is 11.5 Å². The van der Waals surface area contributed by atoms with Crippen LogP contribution in [0.25, 0.3) is 0 Å². The van der Waals surface area contributed by atoms with Crippen LogP contribution >= 0.6 is 0 Å². The third kappa shape index (κ3) is 14.1. The molecule has 0 aromatic heterocycles. The van der Waals surface area contributed by atoms with Gasteiger partial charge in [-0.25, -0.2) is 4.79 Å². The maximum Gasteiger partial charge on any atom is 0.347 e. The zero-order valence-corrected chi connectivity index (χ0v) is 24.2. The van der Waals surface area contributed by atoms with Crippen molar-refractivity contribution in [3.8, 4) is 11.5 Å². The molecule has 1 atom stereocenters. The molecule has 0 spiro atoms. The molecule has 0 aliphatic heterocycles. The van der Waals surface area contributed by atoms with Crippen LogP contribution in [-0.2, 0) is 0 Å². The summed E-state index contributed by atoms with van der Waals surface area (Å²) in [5, 5.41) is 10.3. The normalized spacial score (nSPS) is 13.0. The second-order valence-corrected chi connectivity index (χ2v) is 9.16. The first-order chi connectivity index (χ1) is 20.0. The van der Waals surface area contributed by atoms with Gasteiger partial charge in [0.2, 0.25) is 6.29 Å². The summed E-state index contributed by atoms with van der Waals surface area (Å²) in [6, 6.07) is 13.1. The summed E-state index contributed by atoms with van der Waals surface area (Å²) < 4.78 is 11.1. The molecule has 0 amide bonds. The zero-order chi connectivity index (χ0) is 29.5. The smallest absolute Gasteiger partial charge is 0.347 e. The van der Waals surface area contributed by atoms with Crippen LogP contribution in [0.1, 0.15) is 79.5 Å². The number of esters is 1. The molecule has 0 bridgehead atoms. The Morgan fingerprint density at radius 3 is 1.61 bits per heavy atom. The number of ketones is 1. The van der Waals surface area contributed by atoms with Crippen LogP contribution in [0.2, 0.25) is 0 Å². The van der Waals surface area contributed by atoms with Crippen LogP contribution in [0.4, 0.5) is 0 Å². The van der Waals surface area contributed by atoms with Crippen molar-refractivity contribution in [1.29, 1.82) is 0 Å². The third-order valence-electron chi connectivity index (χ3n) is 5.77. The van der Waals surface area contributed by atoms with Crippen molar-refractivity contribution in [3.63, 3.8) is 0 Å². The predicted octanol–water partition coefficient (Wildman–Crippen LogP) is 8.89. The molecule has 0 aliphatic carbocycles. The fraction of sp³-hybridized carbons (Fsp3) is 0.278. The summed E-state index contributed by atoms with van der Waals surface area (Å²) >= 11 is 0. The summed E-state index contributed by atoms with van der Waals surface area (Å²) in [7, 11) is 0. The maximum atomic E-state index is 12.8. The Hall–Kier alpha value is -4.22. The number of benzene rings is 2. The van der Waals surface area contributed by atoms with Gasteiger partial charge in [0.25, 0.3) is 0 Å². The van der Waals surface area contributed by atoms with Crippen molar-refractivity contribution in [1.82, 2.24) is 0 Å². The van der Waals surface area contributed by atoms with E-state index in [0.29, 0.717) is 5.56 Å². The fourth-order valence-corrected chi connectivity index (χ4v) is 3.67. The van der Waals surface area contributed by atoms with E-state index >= 15 is 0 Å². The highest BCUT2D eigenvalue weighted by Crippen LogP contribution is 2.24. The van der Waals surface area contributed by atoms with Crippen LogP contribution in [0.15, 0.2) is 121 Å². The molecule has 2 aromatic rings. The summed E-state index contributed by atoms with van der Waals surface area (Å²) in [5.74, 6) is -0.491. The number of Topliss-reactive ketones (excluding diaryl/α,β-unsaturated/α-hetero) is 1. The predicted molar refractivity (Wildman–Crippen MR) is 167 cm³/mol. The largest absolute Gasteiger partial charge is 0.464 e. The number of carbonyl (C=O) groups excluding carboxylic acids is 2. The van der Waals surface area contributed by atoms with E-state index in [0.717, 1.165) is 38.5 Å². The van der Waals surface area contributed by atoms with Gasteiger partial charge in [-0.1, -0.05) is 104 Å². The lowest BCUT2D eigenvalue weighted by atomic mass is 10.1. The second kappa shape index (κ2) is 20.7. The van der Waals surface area contributed by atoms with Gasteiger partial charge in [-0.3, -0.25) is 4.79 Å². The Morgan fingerprint density at radius 1 is 0.659 bits per heavy atom. The van der Waals surface area contributed by atoms with Crippen molar-refractivity contribution in [2.45, 2.75) is 65.1 Å². The van der Waals surface area contributed by atoms with E-state index in [-0.39, 0.29) is 29.3 Å². The highest BCUT2D eigenvalue weighted by molar-refractivity contribution is 5.99. The minimum absolute atomic E-state index is 0.160. The van der Waals surface area contributed by atoms with Gasteiger partial charge in [0.15, 0.2) is 5.78 Å². The molecule has 216 valence electrons. The molecule has 2 aromatic carbocycles. The Balaban J connectivity index is 1.69. The Labute approximate surface area is 244 Å². The number of hydrogen-bond acceptors (Lipinski definition) is 5. The molecule has 0 aliphatic rings. The van der Waals surface area contributed by atoms with E-state index in [1.165, 1.54) is 6.92 Å². The number of aliphatic hydroxyl groups is 1. The first kappa shape index (κ1) is 33.0.